The summed E-state index contributed by atoms with van der Waals surface area (Å²) in [6.45, 7) is 2.70. The highest BCUT2D eigenvalue weighted by molar-refractivity contribution is 9.10. The maximum Gasteiger partial charge on any atom is 0.389 e. The molecule has 0 aromatic heterocycles. The van der Waals surface area contributed by atoms with Crippen LogP contribution in [-0.2, 0) is 6.42 Å². The third-order valence-corrected chi connectivity index (χ3v) is 3.66. The molecule has 120 valence electrons. The molecular weight excluding hydrogens is 347 g/mol. The molecule has 0 saturated carbocycles. The van der Waals surface area contributed by atoms with Gasteiger partial charge in [-0.15, -0.1) is 0 Å². The minimum absolute atomic E-state index is 0.0686. The number of halogens is 4. The third-order valence-electron chi connectivity index (χ3n) is 3.17. The van der Waals surface area contributed by atoms with Gasteiger partial charge in [-0.25, -0.2) is 0 Å². The smallest absolute Gasteiger partial charge is 0.389 e. The number of benzene rings is 1. The van der Waals surface area contributed by atoms with Crippen molar-refractivity contribution in [1.29, 1.82) is 0 Å². The van der Waals surface area contributed by atoms with Gasteiger partial charge < -0.3 is 10.1 Å². The highest BCUT2D eigenvalue weighted by atomic mass is 79.9. The molecule has 0 bridgehead atoms. The van der Waals surface area contributed by atoms with Crippen molar-refractivity contribution in [3.8, 4) is 5.75 Å². The quantitative estimate of drug-likeness (QED) is 0.718. The first-order valence-corrected chi connectivity index (χ1v) is 7.77. The number of rotatable bonds is 8. The van der Waals surface area contributed by atoms with Crippen LogP contribution in [0.25, 0.3) is 0 Å². The van der Waals surface area contributed by atoms with Gasteiger partial charge in [0.15, 0.2) is 0 Å². The lowest BCUT2D eigenvalue weighted by Gasteiger charge is -2.21. The summed E-state index contributed by atoms with van der Waals surface area (Å²) >= 11 is 3.38. The summed E-state index contributed by atoms with van der Waals surface area (Å²) in [7, 11) is 1.57. The lowest BCUT2D eigenvalue weighted by Crippen LogP contribution is -2.33. The summed E-state index contributed by atoms with van der Waals surface area (Å²) < 4.78 is 43.5. The van der Waals surface area contributed by atoms with Crippen molar-refractivity contribution in [2.75, 3.05) is 13.7 Å². The average Bonchev–Trinajstić information content (AvgIpc) is 2.41. The number of ether oxygens (including phenoxy) is 1. The Labute approximate surface area is 132 Å². The summed E-state index contributed by atoms with van der Waals surface area (Å²) in [4.78, 5) is 0. The zero-order valence-corrected chi connectivity index (χ0v) is 13.9. The van der Waals surface area contributed by atoms with Crippen molar-refractivity contribution in [1.82, 2.24) is 5.32 Å². The Balaban J connectivity index is 2.77. The summed E-state index contributed by atoms with van der Waals surface area (Å²) in [5, 5.41) is 3.19. The highest BCUT2D eigenvalue weighted by Crippen LogP contribution is 2.27. The van der Waals surface area contributed by atoms with E-state index in [9.17, 15) is 13.2 Å². The second-order valence-electron chi connectivity index (χ2n) is 4.97. The van der Waals surface area contributed by atoms with Crippen LogP contribution in [0.4, 0.5) is 13.2 Å². The predicted octanol–water partition coefficient (Wildman–Crippen LogP) is 4.71. The summed E-state index contributed by atoms with van der Waals surface area (Å²) in [5.41, 5.74) is 0.905. The first-order valence-electron chi connectivity index (χ1n) is 6.98. The van der Waals surface area contributed by atoms with Gasteiger partial charge in [-0.05, 0) is 49.6 Å². The van der Waals surface area contributed by atoms with Crippen LogP contribution in [0.2, 0.25) is 0 Å². The Bertz CT molecular complexity index is 437. The van der Waals surface area contributed by atoms with E-state index in [0.717, 1.165) is 16.5 Å². The molecule has 1 aromatic rings. The Kier molecular flexibility index (Phi) is 7.52. The van der Waals surface area contributed by atoms with E-state index in [1.165, 1.54) is 0 Å². The Morgan fingerprint density at radius 1 is 1.33 bits per heavy atom. The van der Waals surface area contributed by atoms with Crippen molar-refractivity contribution in [3.05, 3.63) is 28.2 Å². The molecule has 2 nitrogen and oxygen atoms in total. The molecule has 21 heavy (non-hydrogen) atoms. The van der Waals surface area contributed by atoms with E-state index in [0.29, 0.717) is 18.7 Å². The second-order valence-corrected chi connectivity index (χ2v) is 5.88. The van der Waals surface area contributed by atoms with Gasteiger partial charge in [-0.3, -0.25) is 0 Å². The van der Waals surface area contributed by atoms with E-state index in [4.69, 9.17) is 4.74 Å². The summed E-state index contributed by atoms with van der Waals surface area (Å²) in [6, 6.07) is 5.36. The minimum Gasteiger partial charge on any atom is -0.496 e. The average molecular weight is 368 g/mol. The molecule has 1 N–H and O–H groups in total. The van der Waals surface area contributed by atoms with Crippen LogP contribution in [0.5, 0.6) is 5.75 Å². The molecule has 6 heteroatoms. The summed E-state index contributed by atoms with van der Waals surface area (Å²) in [5.74, 6) is 0.702. The van der Waals surface area contributed by atoms with E-state index in [2.05, 4.69) is 21.2 Å². The first-order chi connectivity index (χ1) is 9.85. The molecule has 0 radical (unpaired) electrons. The molecule has 1 atom stereocenters. The lowest BCUT2D eigenvalue weighted by atomic mass is 10.0. The Morgan fingerprint density at radius 2 is 2.05 bits per heavy atom. The third kappa shape index (κ3) is 7.18. The highest BCUT2D eigenvalue weighted by Gasteiger charge is 2.28. The van der Waals surface area contributed by atoms with Crippen LogP contribution in [-0.4, -0.2) is 25.9 Å². The lowest BCUT2D eigenvalue weighted by molar-refractivity contribution is -0.136. The zero-order chi connectivity index (χ0) is 15.9. The zero-order valence-electron chi connectivity index (χ0n) is 12.3. The SMILES string of the molecule is CCCNC(CCC(F)(F)F)Cc1cc(Br)ccc1OC. The van der Waals surface area contributed by atoms with Gasteiger partial charge >= 0.3 is 6.18 Å². The van der Waals surface area contributed by atoms with Crippen LogP contribution in [0, 0.1) is 0 Å². The molecule has 0 fully saturated rings. The maximum absolute atomic E-state index is 12.4. The number of hydrogen-bond donors (Lipinski definition) is 1. The van der Waals surface area contributed by atoms with Crippen molar-refractivity contribution in [2.45, 2.75) is 44.8 Å². The van der Waals surface area contributed by atoms with Gasteiger partial charge in [-0.1, -0.05) is 22.9 Å². The molecule has 0 aliphatic carbocycles. The van der Waals surface area contributed by atoms with E-state index in [1.807, 2.05) is 25.1 Å². The van der Waals surface area contributed by atoms with Crippen LogP contribution < -0.4 is 10.1 Å². The Morgan fingerprint density at radius 3 is 2.62 bits per heavy atom. The van der Waals surface area contributed by atoms with Gasteiger partial charge in [0.2, 0.25) is 0 Å². The van der Waals surface area contributed by atoms with Crippen LogP contribution in [0.1, 0.15) is 31.7 Å². The van der Waals surface area contributed by atoms with E-state index in [1.54, 1.807) is 7.11 Å². The molecule has 0 aliphatic heterocycles. The molecule has 0 amide bonds. The van der Waals surface area contributed by atoms with E-state index in [-0.39, 0.29) is 12.5 Å². The minimum atomic E-state index is -4.12. The molecule has 1 aromatic carbocycles. The molecule has 0 spiro atoms. The number of methoxy groups -OCH3 is 1. The van der Waals surface area contributed by atoms with Gasteiger partial charge in [0, 0.05) is 16.9 Å². The molecule has 1 rings (SSSR count). The van der Waals surface area contributed by atoms with Gasteiger partial charge in [-0.2, -0.15) is 13.2 Å². The molecule has 0 saturated heterocycles. The molecule has 1 unspecified atom stereocenters. The predicted molar refractivity (Wildman–Crippen MR) is 81.8 cm³/mol. The van der Waals surface area contributed by atoms with Crippen molar-refractivity contribution < 1.29 is 17.9 Å². The van der Waals surface area contributed by atoms with Crippen molar-refractivity contribution in [3.63, 3.8) is 0 Å². The normalized spacial score (nSPS) is 13.2. The standard InChI is InChI=1S/C15H21BrF3NO/c1-3-8-20-13(6-7-15(17,18)19)10-11-9-12(16)4-5-14(11)21-2/h4-5,9,13,20H,3,6-8,10H2,1-2H3. The van der Waals surface area contributed by atoms with Crippen LogP contribution in [0.15, 0.2) is 22.7 Å². The van der Waals surface area contributed by atoms with Gasteiger partial charge in [0.05, 0.1) is 7.11 Å². The Hall–Kier alpha value is -0.750. The fourth-order valence-corrected chi connectivity index (χ4v) is 2.54. The van der Waals surface area contributed by atoms with E-state index < -0.39 is 12.6 Å². The summed E-state index contributed by atoms with van der Waals surface area (Å²) in [6.07, 6.45) is -3.42. The monoisotopic (exact) mass is 367 g/mol. The fraction of sp³-hybridized carbons (Fsp3) is 0.600. The molecule has 0 heterocycles. The number of nitrogens with one attached hydrogen (secondary N) is 1. The van der Waals surface area contributed by atoms with E-state index >= 15 is 0 Å². The molecular formula is C15H21BrF3NO. The fourth-order valence-electron chi connectivity index (χ4n) is 2.13. The molecule has 0 aliphatic rings. The van der Waals surface area contributed by atoms with Crippen molar-refractivity contribution >= 4 is 15.9 Å². The van der Waals surface area contributed by atoms with Crippen molar-refractivity contribution in [2.24, 2.45) is 0 Å². The number of alkyl halides is 3. The van der Waals surface area contributed by atoms with Crippen LogP contribution >= 0.6 is 15.9 Å². The number of hydrogen-bond acceptors (Lipinski definition) is 2. The second kappa shape index (κ2) is 8.63. The first kappa shape index (κ1) is 18.3. The largest absolute Gasteiger partial charge is 0.496 e. The van der Waals surface area contributed by atoms with Crippen LogP contribution in [0.3, 0.4) is 0 Å². The van der Waals surface area contributed by atoms with Gasteiger partial charge in [0.1, 0.15) is 5.75 Å². The topological polar surface area (TPSA) is 21.3 Å². The van der Waals surface area contributed by atoms with Gasteiger partial charge in [0.25, 0.3) is 0 Å². The maximum atomic E-state index is 12.4.